The van der Waals surface area contributed by atoms with Crippen LogP contribution in [0.1, 0.15) is 112 Å². The molecule has 0 aliphatic rings. The molecule has 0 amide bonds. The summed E-state index contributed by atoms with van der Waals surface area (Å²) in [4.78, 5) is 4.56. The van der Waals surface area contributed by atoms with Crippen LogP contribution in [0, 0.1) is 0 Å². The van der Waals surface area contributed by atoms with E-state index in [2.05, 4.69) is 97.5 Å². The van der Waals surface area contributed by atoms with Crippen molar-refractivity contribution in [3.8, 4) is 11.5 Å². The molecule has 4 heteroatoms. The number of hydrogen-bond donors (Lipinski definition) is 2. The molecule has 4 nitrogen and oxygen atoms in total. The highest BCUT2D eigenvalue weighted by Crippen LogP contribution is 2.35. The minimum absolute atomic E-state index is 0.293. The summed E-state index contributed by atoms with van der Waals surface area (Å²) in [5.41, 5.74) is 6.76. The Bertz CT molecular complexity index is 947. The van der Waals surface area contributed by atoms with Gasteiger partial charge in [0.15, 0.2) is 0 Å². The molecule has 2 N–H and O–H groups in total. The van der Waals surface area contributed by atoms with Crippen molar-refractivity contribution in [2.24, 2.45) is 0 Å². The molecule has 0 unspecified atom stereocenters. The van der Waals surface area contributed by atoms with Gasteiger partial charge in [-0.3, -0.25) is 0 Å². The number of aromatic hydroxyl groups is 2. The topological polar surface area (TPSA) is 46.9 Å². The monoisotopic (exact) mass is 468 g/mol. The standard InChI is InChI=1S/C30H48N2O2/c1-19(2)23-15-26(22(7)8)27(29(33)16-23)17-31(9)13-14-32(10)18-28-24(20(3)4)11-12-25(21(5)6)30(28)34/h11-12,15-16,19-22,33-34H,13-14,17-18H2,1-10H3. The molecule has 0 fully saturated rings. The summed E-state index contributed by atoms with van der Waals surface area (Å²) in [5, 5.41) is 21.8. The van der Waals surface area contributed by atoms with Crippen LogP contribution in [0.15, 0.2) is 24.3 Å². The average molecular weight is 469 g/mol. The molecule has 0 aliphatic carbocycles. The van der Waals surface area contributed by atoms with Crippen LogP contribution in [-0.4, -0.2) is 47.2 Å². The summed E-state index contributed by atoms with van der Waals surface area (Å²) >= 11 is 0. The van der Waals surface area contributed by atoms with Gasteiger partial charge < -0.3 is 20.0 Å². The lowest BCUT2D eigenvalue weighted by molar-refractivity contribution is 0.242. The van der Waals surface area contributed by atoms with E-state index in [4.69, 9.17) is 0 Å². The lowest BCUT2D eigenvalue weighted by atomic mass is 9.90. The molecule has 34 heavy (non-hydrogen) atoms. The molecule has 0 aromatic heterocycles. The van der Waals surface area contributed by atoms with E-state index in [-0.39, 0.29) is 0 Å². The number of likely N-dealkylation sites (N-methyl/N-ethyl adjacent to an activating group) is 2. The van der Waals surface area contributed by atoms with Crippen LogP contribution >= 0.6 is 0 Å². The van der Waals surface area contributed by atoms with E-state index < -0.39 is 0 Å². The van der Waals surface area contributed by atoms with Crippen LogP contribution in [0.5, 0.6) is 11.5 Å². The van der Waals surface area contributed by atoms with Crippen molar-refractivity contribution in [2.45, 2.75) is 92.2 Å². The van der Waals surface area contributed by atoms with Gasteiger partial charge in [0.1, 0.15) is 11.5 Å². The van der Waals surface area contributed by atoms with Gasteiger partial charge in [-0.2, -0.15) is 0 Å². The Balaban J connectivity index is 2.12. The highest BCUT2D eigenvalue weighted by atomic mass is 16.3. The first-order chi connectivity index (χ1) is 15.8. The zero-order chi connectivity index (χ0) is 25.7. The molecule has 0 heterocycles. The molecule has 0 atom stereocenters. The molecule has 0 spiro atoms. The Morgan fingerprint density at radius 2 is 1.09 bits per heavy atom. The Hall–Kier alpha value is -2.04. The fourth-order valence-corrected chi connectivity index (χ4v) is 4.60. The van der Waals surface area contributed by atoms with Gasteiger partial charge in [-0.25, -0.2) is 0 Å². The molecule has 2 rings (SSSR count). The normalized spacial score (nSPS) is 12.4. The highest BCUT2D eigenvalue weighted by Gasteiger charge is 2.19. The van der Waals surface area contributed by atoms with Gasteiger partial charge in [0.05, 0.1) is 0 Å². The van der Waals surface area contributed by atoms with Gasteiger partial charge in [-0.15, -0.1) is 0 Å². The van der Waals surface area contributed by atoms with E-state index in [0.29, 0.717) is 35.2 Å². The Labute approximate surface area is 208 Å². The maximum atomic E-state index is 11.0. The quantitative estimate of drug-likeness (QED) is 0.367. The molecule has 0 radical (unpaired) electrons. The van der Waals surface area contributed by atoms with Crippen molar-refractivity contribution in [1.29, 1.82) is 0 Å². The fraction of sp³-hybridized carbons (Fsp3) is 0.600. The molecule has 0 bridgehead atoms. The number of hydrogen-bond acceptors (Lipinski definition) is 4. The number of benzene rings is 2. The van der Waals surface area contributed by atoms with Gasteiger partial charge >= 0.3 is 0 Å². The zero-order valence-corrected chi connectivity index (χ0v) is 23.2. The van der Waals surface area contributed by atoms with Crippen LogP contribution in [-0.2, 0) is 13.1 Å². The van der Waals surface area contributed by atoms with Crippen molar-refractivity contribution >= 4 is 0 Å². The van der Waals surface area contributed by atoms with Gasteiger partial charge in [0, 0.05) is 37.3 Å². The molecular weight excluding hydrogens is 420 g/mol. The smallest absolute Gasteiger partial charge is 0.123 e. The summed E-state index contributed by atoms with van der Waals surface area (Å²) in [6.07, 6.45) is 0. The Morgan fingerprint density at radius 3 is 1.56 bits per heavy atom. The van der Waals surface area contributed by atoms with Crippen LogP contribution in [0.4, 0.5) is 0 Å². The number of phenols is 2. The molecule has 0 saturated carbocycles. The van der Waals surface area contributed by atoms with Crippen LogP contribution < -0.4 is 0 Å². The van der Waals surface area contributed by atoms with Crippen LogP contribution in [0.2, 0.25) is 0 Å². The highest BCUT2D eigenvalue weighted by molar-refractivity contribution is 5.48. The van der Waals surface area contributed by atoms with Gasteiger partial charge in [0.25, 0.3) is 0 Å². The van der Waals surface area contributed by atoms with E-state index >= 15 is 0 Å². The largest absolute Gasteiger partial charge is 0.508 e. The molecule has 0 aliphatic heterocycles. The second kappa shape index (κ2) is 12.1. The number of nitrogens with zero attached hydrogens (tertiary/aromatic N) is 2. The second-order valence-corrected chi connectivity index (χ2v) is 11.3. The zero-order valence-electron chi connectivity index (χ0n) is 23.2. The van der Waals surface area contributed by atoms with Gasteiger partial charge in [0.2, 0.25) is 0 Å². The molecule has 0 saturated heterocycles. The maximum absolute atomic E-state index is 11.0. The molecule has 190 valence electrons. The summed E-state index contributed by atoms with van der Waals surface area (Å²) in [7, 11) is 4.23. The van der Waals surface area contributed by atoms with Gasteiger partial charge in [-0.05, 0) is 66.1 Å². The minimum Gasteiger partial charge on any atom is -0.508 e. The first kappa shape index (κ1) is 28.2. The van der Waals surface area contributed by atoms with E-state index in [0.717, 1.165) is 42.9 Å². The lowest BCUT2D eigenvalue weighted by Gasteiger charge is -2.26. The summed E-state index contributed by atoms with van der Waals surface area (Å²) < 4.78 is 0. The van der Waals surface area contributed by atoms with Crippen molar-refractivity contribution in [3.63, 3.8) is 0 Å². The number of phenolic OH excluding ortho intramolecular Hbond substituents is 2. The van der Waals surface area contributed by atoms with Crippen molar-refractivity contribution in [1.82, 2.24) is 9.80 Å². The Morgan fingerprint density at radius 1 is 0.618 bits per heavy atom. The van der Waals surface area contributed by atoms with Crippen LogP contribution in [0.3, 0.4) is 0 Å². The third kappa shape index (κ3) is 6.99. The lowest BCUT2D eigenvalue weighted by Crippen LogP contribution is -2.31. The van der Waals surface area contributed by atoms with Crippen molar-refractivity contribution in [3.05, 3.63) is 57.6 Å². The van der Waals surface area contributed by atoms with Gasteiger partial charge in [-0.1, -0.05) is 73.6 Å². The Kier molecular flexibility index (Phi) is 10.0. The summed E-state index contributed by atoms with van der Waals surface area (Å²) in [6, 6.07) is 8.47. The van der Waals surface area contributed by atoms with E-state index in [1.807, 2.05) is 6.07 Å². The van der Waals surface area contributed by atoms with Crippen LogP contribution in [0.25, 0.3) is 0 Å². The first-order valence-electron chi connectivity index (χ1n) is 12.9. The second-order valence-electron chi connectivity index (χ2n) is 11.3. The predicted molar refractivity (Wildman–Crippen MR) is 145 cm³/mol. The third-order valence-corrected chi connectivity index (χ3v) is 6.89. The predicted octanol–water partition coefficient (Wildman–Crippen LogP) is 7.16. The SMILES string of the molecule is CC(C)c1cc(O)c(CN(C)CCN(C)Cc2c(C(C)C)ccc(C(C)C)c2O)c(C(C)C)c1. The average Bonchev–Trinajstić information content (AvgIpc) is 2.73. The van der Waals surface area contributed by atoms with Crippen molar-refractivity contribution < 1.29 is 10.2 Å². The third-order valence-electron chi connectivity index (χ3n) is 6.89. The van der Waals surface area contributed by atoms with E-state index in [1.165, 1.54) is 16.7 Å². The minimum atomic E-state index is 0.293. The summed E-state index contributed by atoms with van der Waals surface area (Å²) in [5.74, 6) is 2.28. The van der Waals surface area contributed by atoms with E-state index in [9.17, 15) is 10.2 Å². The first-order valence-corrected chi connectivity index (χ1v) is 12.9. The molecule has 2 aromatic carbocycles. The summed E-state index contributed by atoms with van der Waals surface area (Å²) in [6.45, 7) is 20.5. The fourth-order valence-electron chi connectivity index (χ4n) is 4.60. The molecule has 2 aromatic rings. The maximum Gasteiger partial charge on any atom is 0.123 e. The van der Waals surface area contributed by atoms with E-state index in [1.54, 1.807) is 0 Å². The van der Waals surface area contributed by atoms with Crippen molar-refractivity contribution in [2.75, 3.05) is 27.2 Å². The molecular formula is C30H48N2O2. The number of rotatable bonds is 11.